The molecule has 1 rings (SSSR count). The van der Waals surface area contributed by atoms with Gasteiger partial charge < -0.3 is 5.32 Å². The third kappa shape index (κ3) is 5.91. The van der Waals surface area contributed by atoms with Gasteiger partial charge in [-0.15, -0.1) is 0 Å². The van der Waals surface area contributed by atoms with Gasteiger partial charge in [0.1, 0.15) is 0 Å². The van der Waals surface area contributed by atoms with Crippen molar-refractivity contribution in [2.45, 2.75) is 58.3 Å². The van der Waals surface area contributed by atoms with E-state index in [1.165, 1.54) is 25.7 Å². The zero-order chi connectivity index (χ0) is 13.9. The number of unbranched alkanes of at least 4 members (excludes halogenated alkanes) is 4. The molecule has 0 bridgehead atoms. The lowest BCUT2D eigenvalue weighted by Crippen LogP contribution is -2.29. The van der Waals surface area contributed by atoms with Gasteiger partial charge in [0, 0.05) is 6.54 Å². The topological polar surface area (TPSA) is 29.1 Å². The van der Waals surface area contributed by atoms with E-state index in [1.54, 1.807) is 0 Å². The fourth-order valence-corrected chi connectivity index (χ4v) is 2.32. The summed E-state index contributed by atoms with van der Waals surface area (Å²) in [5.41, 5.74) is 1.12. The fraction of sp³-hybridized carbons (Fsp3) is 0.588. The largest absolute Gasteiger partial charge is 0.356 e. The minimum Gasteiger partial charge on any atom is -0.356 e. The highest BCUT2D eigenvalue weighted by atomic mass is 16.1. The maximum absolute atomic E-state index is 12.2. The Kier molecular flexibility index (Phi) is 7.95. The minimum absolute atomic E-state index is 0.00292. The number of carbonyl (C=O) groups is 1. The van der Waals surface area contributed by atoms with E-state index in [4.69, 9.17) is 0 Å². The van der Waals surface area contributed by atoms with Gasteiger partial charge in [-0.2, -0.15) is 0 Å². The van der Waals surface area contributed by atoms with Crippen LogP contribution < -0.4 is 5.32 Å². The quantitative estimate of drug-likeness (QED) is 0.661. The monoisotopic (exact) mass is 261 g/mol. The highest BCUT2D eigenvalue weighted by molar-refractivity contribution is 5.83. The first kappa shape index (κ1) is 15.7. The van der Waals surface area contributed by atoms with Gasteiger partial charge >= 0.3 is 0 Å². The van der Waals surface area contributed by atoms with Crippen LogP contribution in [-0.4, -0.2) is 12.5 Å². The molecule has 1 aromatic rings. The molecule has 2 heteroatoms. The van der Waals surface area contributed by atoms with Crippen molar-refractivity contribution in [2.75, 3.05) is 6.54 Å². The van der Waals surface area contributed by atoms with E-state index in [-0.39, 0.29) is 11.8 Å². The van der Waals surface area contributed by atoms with Crippen molar-refractivity contribution in [3.8, 4) is 0 Å². The number of amides is 1. The predicted octanol–water partition coefficient (Wildman–Crippen LogP) is 4.27. The number of carbonyl (C=O) groups excluding carboxylic acids is 1. The lowest BCUT2D eigenvalue weighted by atomic mass is 9.95. The molecule has 0 saturated carbocycles. The summed E-state index contributed by atoms with van der Waals surface area (Å²) < 4.78 is 0. The highest BCUT2D eigenvalue weighted by Crippen LogP contribution is 2.19. The number of benzene rings is 1. The zero-order valence-electron chi connectivity index (χ0n) is 12.3. The Labute approximate surface area is 117 Å². The zero-order valence-corrected chi connectivity index (χ0v) is 12.3. The van der Waals surface area contributed by atoms with Crippen molar-refractivity contribution in [1.82, 2.24) is 5.32 Å². The summed E-state index contributed by atoms with van der Waals surface area (Å²) in [7, 11) is 0. The van der Waals surface area contributed by atoms with Gasteiger partial charge in [0.15, 0.2) is 0 Å². The van der Waals surface area contributed by atoms with Crippen LogP contribution in [-0.2, 0) is 4.79 Å². The van der Waals surface area contributed by atoms with Crippen LogP contribution in [0.5, 0.6) is 0 Å². The fourth-order valence-electron chi connectivity index (χ4n) is 2.32. The molecule has 0 saturated heterocycles. The smallest absolute Gasteiger partial charge is 0.227 e. The highest BCUT2D eigenvalue weighted by Gasteiger charge is 2.17. The van der Waals surface area contributed by atoms with Gasteiger partial charge in [-0.3, -0.25) is 4.79 Å². The molecule has 0 fully saturated rings. The van der Waals surface area contributed by atoms with E-state index < -0.39 is 0 Å². The number of hydrogen-bond donors (Lipinski definition) is 1. The van der Waals surface area contributed by atoms with Crippen molar-refractivity contribution in [3.63, 3.8) is 0 Å². The second-order valence-corrected chi connectivity index (χ2v) is 5.08. The van der Waals surface area contributed by atoms with Crippen molar-refractivity contribution in [2.24, 2.45) is 0 Å². The molecule has 1 aromatic carbocycles. The van der Waals surface area contributed by atoms with Crippen LogP contribution in [0, 0.1) is 0 Å². The lowest BCUT2D eigenvalue weighted by Gasteiger charge is -2.15. The van der Waals surface area contributed by atoms with E-state index in [9.17, 15) is 4.79 Å². The number of hydrogen-bond acceptors (Lipinski definition) is 1. The molecule has 1 amide bonds. The Hall–Kier alpha value is -1.31. The molecular formula is C17H27NO. The Morgan fingerprint density at radius 1 is 1.05 bits per heavy atom. The molecular weight excluding hydrogens is 234 g/mol. The summed E-state index contributed by atoms with van der Waals surface area (Å²) in [5.74, 6) is 0.168. The summed E-state index contributed by atoms with van der Waals surface area (Å²) in [6.07, 6.45) is 7.01. The average Bonchev–Trinajstić information content (AvgIpc) is 2.45. The van der Waals surface area contributed by atoms with Crippen LogP contribution >= 0.6 is 0 Å². The third-order valence-electron chi connectivity index (χ3n) is 3.51. The maximum atomic E-state index is 12.2. The van der Waals surface area contributed by atoms with Crippen LogP contribution in [0.15, 0.2) is 30.3 Å². The SMILES string of the molecule is CCCCCCCNC(=O)[C@@H](CC)c1ccccc1. The minimum atomic E-state index is -0.00292. The standard InChI is InChI=1S/C17H27NO/c1-3-5-6-7-11-14-18-17(19)16(4-2)15-12-9-8-10-13-15/h8-10,12-13,16H,3-7,11,14H2,1-2H3,(H,18,19)/t16-/m0/s1. The molecule has 0 aliphatic carbocycles. The molecule has 0 aromatic heterocycles. The van der Waals surface area contributed by atoms with Gasteiger partial charge in [0.2, 0.25) is 5.91 Å². The van der Waals surface area contributed by atoms with Gasteiger partial charge in [-0.1, -0.05) is 69.9 Å². The summed E-state index contributed by atoms with van der Waals surface area (Å²) in [6.45, 7) is 5.10. The molecule has 1 atom stereocenters. The predicted molar refractivity (Wildman–Crippen MR) is 81.2 cm³/mol. The first-order valence-electron chi connectivity index (χ1n) is 7.62. The Bertz CT molecular complexity index is 348. The first-order valence-corrected chi connectivity index (χ1v) is 7.62. The summed E-state index contributed by atoms with van der Waals surface area (Å²) in [4.78, 5) is 12.2. The molecule has 2 nitrogen and oxygen atoms in total. The molecule has 0 aliphatic heterocycles. The van der Waals surface area contributed by atoms with Crippen LogP contribution in [0.1, 0.15) is 63.9 Å². The number of nitrogens with one attached hydrogen (secondary N) is 1. The van der Waals surface area contributed by atoms with Gasteiger partial charge in [0.05, 0.1) is 5.92 Å². The van der Waals surface area contributed by atoms with Crippen LogP contribution in [0.2, 0.25) is 0 Å². The normalized spacial score (nSPS) is 12.1. The third-order valence-corrected chi connectivity index (χ3v) is 3.51. The summed E-state index contributed by atoms with van der Waals surface area (Å²) >= 11 is 0. The van der Waals surface area contributed by atoms with E-state index in [2.05, 4.69) is 19.2 Å². The second-order valence-electron chi connectivity index (χ2n) is 5.08. The average molecular weight is 261 g/mol. The summed E-state index contributed by atoms with van der Waals surface area (Å²) in [5, 5.41) is 3.07. The molecule has 0 spiro atoms. The Morgan fingerprint density at radius 3 is 2.37 bits per heavy atom. The van der Waals surface area contributed by atoms with E-state index in [1.807, 2.05) is 30.3 Å². The molecule has 1 N–H and O–H groups in total. The Balaban J connectivity index is 2.31. The van der Waals surface area contributed by atoms with Crippen molar-refractivity contribution >= 4 is 5.91 Å². The molecule has 0 heterocycles. The molecule has 0 aliphatic rings. The van der Waals surface area contributed by atoms with Crippen molar-refractivity contribution < 1.29 is 4.79 Å². The molecule has 19 heavy (non-hydrogen) atoms. The van der Waals surface area contributed by atoms with E-state index in [0.717, 1.165) is 24.9 Å². The molecule has 106 valence electrons. The van der Waals surface area contributed by atoms with Gasteiger partial charge in [0.25, 0.3) is 0 Å². The Morgan fingerprint density at radius 2 is 1.74 bits per heavy atom. The first-order chi connectivity index (χ1) is 9.29. The van der Waals surface area contributed by atoms with Crippen LogP contribution in [0.3, 0.4) is 0 Å². The van der Waals surface area contributed by atoms with Crippen molar-refractivity contribution in [1.29, 1.82) is 0 Å². The molecule has 0 unspecified atom stereocenters. The maximum Gasteiger partial charge on any atom is 0.227 e. The van der Waals surface area contributed by atoms with E-state index in [0.29, 0.717) is 0 Å². The molecule has 0 radical (unpaired) electrons. The number of rotatable bonds is 9. The van der Waals surface area contributed by atoms with Crippen LogP contribution in [0.4, 0.5) is 0 Å². The second kappa shape index (κ2) is 9.60. The van der Waals surface area contributed by atoms with Gasteiger partial charge in [-0.05, 0) is 18.4 Å². The van der Waals surface area contributed by atoms with E-state index >= 15 is 0 Å². The van der Waals surface area contributed by atoms with Crippen molar-refractivity contribution in [3.05, 3.63) is 35.9 Å². The lowest BCUT2D eigenvalue weighted by molar-refractivity contribution is -0.122. The summed E-state index contributed by atoms with van der Waals surface area (Å²) in [6, 6.07) is 10.1. The van der Waals surface area contributed by atoms with Crippen LogP contribution in [0.25, 0.3) is 0 Å². The van der Waals surface area contributed by atoms with Gasteiger partial charge in [-0.25, -0.2) is 0 Å².